The minimum absolute atomic E-state index is 0.662. The van der Waals surface area contributed by atoms with E-state index in [1.54, 1.807) is 0 Å². The molecule has 0 aromatic heterocycles. The van der Waals surface area contributed by atoms with Crippen LogP contribution in [-0.2, 0) is 0 Å². The second-order valence-electron chi connectivity index (χ2n) is 2.42. The van der Waals surface area contributed by atoms with Crippen molar-refractivity contribution in [2.45, 2.75) is 41.0 Å². The van der Waals surface area contributed by atoms with Gasteiger partial charge in [-0.25, -0.2) is 0 Å². The molecule has 15 heavy (non-hydrogen) atoms. The maximum absolute atomic E-state index is 7.00. The van der Waals surface area contributed by atoms with Crippen LogP contribution in [0.5, 0.6) is 0 Å². The van der Waals surface area contributed by atoms with Crippen molar-refractivity contribution in [3.8, 4) is 0 Å². The van der Waals surface area contributed by atoms with Gasteiger partial charge in [0.15, 0.2) is 0 Å². The zero-order valence-electron chi connectivity index (χ0n) is 11.7. The smallest absolute Gasteiger partial charge is 0.0319 e. The van der Waals surface area contributed by atoms with Gasteiger partial charge < -0.3 is 21.7 Å². The Hall–Kier alpha value is -0.160. The average Bonchev–Trinajstić information content (AvgIpc) is 2.36. The highest BCUT2D eigenvalue weighted by atomic mass is 16.2. The molecule has 0 atom stereocenters. The Kier molecular flexibility index (Phi) is 131. The first-order chi connectivity index (χ1) is 7.18. The molecule has 0 aliphatic carbocycles. The van der Waals surface area contributed by atoms with Gasteiger partial charge in [0.25, 0.3) is 0 Å². The van der Waals surface area contributed by atoms with Crippen LogP contribution >= 0.6 is 0 Å². The van der Waals surface area contributed by atoms with Crippen molar-refractivity contribution in [2.24, 2.45) is 17.4 Å². The summed E-state index contributed by atoms with van der Waals surface area (Å²) in [7, 11) is 2.00. The second kappa shape index (κ2) is 66.9. The maximum atomic E-state index is 7.00. The molecular formula is C11H34N2O2. The summed E-state index contributed by atoms with van der Waals surface area (Å²) in [6.45, 7) is 11.9. The first-order valence-corrected chi connectivity index (χ1v) is 5.48. The number of hydrogen-bond acceptors (Lipinski definition) is 4. The molecule has 0 heterocycles. The van der Waals surface area contributed by atoms with Gasteiger partial charge >= 0.3 is 0 Å². The first kappa shape index (κ1) is 29.4. The Labute approximate surface area is 96.7 Å². The SMILES string of the molecule is CC.CC(C)CN.CCCN.CO.CO. The lowest BCUT2D eigenvalue weighted by Crippen LogP contribution is -2.05. The largest absolute Gasteiger partial charge is 0.400 e. The van der Waals surface area contributed by atoms with Gasteiger partial charge in [0, 0.05) is 14.2 Å². The molecule has 0 aromatic rings. The highest BCUT2D eigenvalue weighted by Crippen LogP contribution is 1.81. The van der Waals surface area contributed by atoms with Crippen LogP contribution in [0.15, 0.2) is 0 Å². The van der Waals surface area contributed by atoms with E-state index < -0.39 is 0 Å². The molecule has 0 aromatic carbocycles. The fourth-order valence-electron chi connectivity index (χ4n) is 0. The fraction of sp³-hybridized carbons (Fsp3) is 1.00. The molecule has 0 aliphatic heterocycles. The molecule has 0 rings (SSSR count). The van der Waals surface area contributed by atoms with Crippen molar-refractivity contribution in [1.29, 1.82) is 0 Å². The van der Waals surface area contributed by atoms with Crippen molar-refractivity contribution in [3.05, 3.63) is 0 Å². The van der Waals surface area contributed by atoms with Crippen LogP contribution in [0.2, 0.25) is 0 Å². The molecule has 0 unspecified atom stereocenters. The van der Waals surface area contributed by atoms with Gasteiger partial charge in [-0.05, 0) is 25.4 Å². The molecule has 6 N–H and O–H groups in total. The van der Waals surface area contributed by atoms with Crippen molar-refractivity contribution in [1.82, 2.24) is 0 Å². The van der Waals surface area contributed by atoms with Crippen LogP contribution in [0.3, 0.4) is 0 Å². The topological polar surface area (TPSA) is 92.5 Å². The molecule has 0 fully saturated rings. The van der Waals surface area contributed by atoms with Gasteiger partial charge in [-0.3, -0.25) is 0 Å². The molecule has 0 bridgehead atoms. The van der Waals surface area contributed by atoms with Crippen LogP contribution in [-0.4, -0.2) is 37.5 Å². The van der Waals surface area contributed by atoms with Gasteiger partial charge in [0.05, 0.1) is 0 Å². The van der Waals surface area contributed by atoms with E-state index in [1.165, 1.54) is 0 Å². The minimum Gasteiger partial charge on any atom is -0.400 e. The predicted octanol–water partition coefficient (Wildman–Crippen LogP) is 1.20. The Morgan fingerprint density at radius 2 is 1.07 bits per heavy atom. The molecule has 0 amide bonds. The lowest BCUT2D eigenvalue weighted by Gasteiger charge is -1.91. The summed E-state index contributed by atoms with van der Waals surface area (Å²) in [5.41, 5.74) is 10.2. The molecule has 0 saturated heterocycles. The lowest BCUT2D eigenvalue weighted by molar-refractivity contribution is 0.399. The van der Waals surface area contributed by atoms with E-state index in [0.29, 0.717) is 5.92 Å². The molecule has 0 radical (unpaired) electrons. The van der Waals surface area contributed by atoms with E-state index in [4.69, 9.17) is 21.7 Å². The van der Waals surface area contributed by atoms with Crippen LogP contribution < -0.4 is 11.5 Å². The Morgan fingerprint density at radius 1 is 0.933 bits per heavy atom. The zero-order valence-corrected chi connectivity index (χ0v) is 11.7. The highest BCUT2D eigenvalue weighted by Gasteiger charge is 1.80. The molecule has 0 saturated carbocycles. The molecule has 4 nitrogen and oxygen atoms in total. The van der Waals surface area contributed by atoms with Gasteiger partial charge in [-0.2, -0.15) is 0 Å². The van der Waals surface area contributed by atoms with Crippen molar-refractivity contribution >= 4 is 0 Å². The quantitative estimate of drug-likeness (QED) is 0.569. The average molecular weight is 226 g/mol. The fourth-order valence-corrected chi connectivity index (χ4v) is 0. The summed E-state index contributed by atoms with van der Waals surface area (Å²) in [4.78, 5) is 0. The molecular weight excluding hydrogens is 192 g/mol. The third kappa shape index (κ3) is 241. The summed E-state index contributed by atoms with van der Waals surface area (Å²) < 4.78 is 0. The van der Waals surface area contributed by atoms with Gasteiger partial charge in [0.1, 0.15) is 0 Å². The summed E-state index contributed by atoms with van der Waals surface area (Å²) in [6.07, 6.45) is 1.10. The Bertz CT molecular complexity index is 43.6. The van der Waals surface area contributed by atoms with Crippen molar-refractivity contribution < 1.29 is 10.2 Å². The van der Waals surface area contributed by atoms with Crippen LogP contribution in [0.1, 0.15) is 41.0 Å². The second-order valence-corrected chi connectivity index (χ2v) is 2.42. The van der Waals surface area contributed by atoms with E-state index >= 15 is 0 Å². The molecule has 0 aliphatic rings. The minimum atomic E-state index is 0.662. The first-order valence-electron chi connectivity index (χ1n) is 5.48. The van der Waals surface area contributed by atoms with Crippen LogP contribution in [0.25, 0.3) is 0 Å². The number of hydrogen-bond donors (Lipinski definition) is 4. The van der Waals surface area contributed by atoms with Gasteiger partial charge in [-0.1, -0.05) is 34.6 Å². The maximum Gasteiger partial charge on any atom is 0.0319 e. The van der Waals surface area contributed by atoms with E-state index in [-0.39, 0.29) is 0 Å². The van der Waals surface area contributed by atoms with Gasteiger partial charge in [0.2, 0.25) is 0 Å². The summed E-state index contributed by atoms with van der Waals surface area (Å²) in [6, 6.07) is 0. The number of nitrogens with two attached hydrogens (primary N) is 2. The van der Waals surface area contributed by atoms with Crippen molar-refractivity contribution in [3.63, 3.8) is 0 Å². The molecule has 0 spiro atoms. The number of aliphatic hydroxyl groups excluding tert-OH is 2. The predicted molar refractivity (Wildman–Crippen MR) is 70.9 cm³/mol. The third-order valence-electron chi connectivity index (χ3n) is 0.760. The van der Waals surface area contributed by atoms with Crippen molar-refractivity contribution in [2.75, 3.05) is 27.3 Å². The molecule has 4 heteroatoms. The molecule has 100 valence electrons. The zero-order chi connectivity index (χ0) is 13.7. The number of rotatable bonds is 2. The Morgan fingerprint density at radius 3 is 1.07 bits per heavy atom. The highest BCUT2D eigenvalue weighted by molar-refractivity contribution is 4.38. The Balaban J connectivity index is -0.0000000301. The van der Waals surface area contributed by atoms with Gasteiger partial charge in [-0.15, -0.1) is 0 Å². The van der Waals surface area contributed by atoms with E-state index in [2.05, 4.69) is 20.8 Å². The monoisotopic (exact) mass is 226 g/mol. The van der Waals surface area contributed by atoms with E-state index in [1.807, 2.05) is 13.8 Å². The standard InChI is InChI=1S/C4H11N.C3H9N.C2H6.2CH4O/c1-4(2)3-5;1-2-3-4;3*1-2/h4H,3,5H2,1-2H3;2-4H2,1H3;1-2H3;2*2H,1H3. The third-order valence-corrected chi connectivity index (χ3v) is 0.760. The number of aliphatic hydroxyl groups is 2. The summed E-state index contributed by atoms with van der Waals surface area (Å²) >= 11 is 0. The summed E-state index contributed by atoms with van der Waals surface area (Å²) in [5, 5.41) is 14.0. The summed E-state index contributed by atoms with van der Waals surface area (Å²) in [5.74, 6) is 0.662. The van der Waals surface area contributed by atoms with Crippen LogP contribution in [0.4, 0.5) is 0 Å². The van der Waals surface area contributed by atoms with E-state index in [0.717, 1.165) is 33.7 Å². The van der Waals surface area contributed by atoms with E-state index in [9.17, 15) is 0 Å². The normalized spacial score (nSPS) is 6.40. The van der Waals surface area contributed by atoms with Crippen LogP contribution in [0, 0.1) is 5.92 Å². The lowest BCUT2D eigenvalue weighted by atomic mass is 10.2.